The lowest BCUT2D eigenvalue weighted by molar-refractivity contribution is -0.122. The van der Waals surface area contributed by atoms with Crippen molar-refractivity contribution in [2.24, 2.45) is 11.7 Å². The zero-order valence-electron chi connectivity index (χ0n) is 9.90. The molecule has 0 bridgehead atoms. The summed E-state index contributed by atoms with van der Waals surface area (Å²) >= 11 is 3.38. The number of piperidine rings is 1. The van der Waals surface area contributed by atoms with Crippen LogP contribution >= 0.6 is 15.9 Å². The van der Waals surface area contributed by atoms with Crippen LogP contribution in [0.5, 0.6) is 0 Å². The molecule has 0 saturated carbocycles. The second-order valence-corrected chi connectivity index (χ2v) is 5.29. The molecule has 1 amide bonds. The van der Waals surface area contributed by atoms with Crippen molar-refractivity contribution in [3.05, 3.63) is 28.2 Å². The van der Waals surface area contributed by atoms with Crippen LogP contribution in [0.2, 0.25) is 0 Å². The normalized spacial score (nSPS) is 19.3. The van der Waals surface area contributed by atoms with E-state index in [1.165, 1.54) is 0 Å². The van der Waals surface area contributed by atoms with E-state index in [2.05, 4.69) is 26.9 Å². The predicted molar refractivity (Wildman–Crippen MR) is 73.0 cm³/mol. The smallest absolute Gasteiger partial charge is 0.222 e. The summed E-state index contributed by atoms with van der Waals surface area (Å²) in [5.74, 6) is -0.377. The predicted octanol–water partition coefficient (Wildman–Crippen LogP) is 2.02. The maximum absolute atomic E-state index is 11.3. The molecule has 4 nitrogen and oxygen atoms in total. The maximum atomic E-state index is 11.3. The van der Waals surface area contributed by atoms with Crippen LogP contribution in [0.3, 0.4) is 0 Å². The number of carbonyl (C=O) groups is 1. The Kier molecular flexibility index (Phi) is 3.87. The summed E-state index contributed by atoms with van der Waals surface area (Å²) in [4.78, 5) is 13.3. The number of halogens is 1. The van der Waals surface area contributed by atoms with Crippen LogP contribution in [-0.2, 0) is 4.79 Å². The molecule has 0 aliphatic carbocycles. The van der Waals surface area contributed by atoms with Gasteiger partial charge in [0.25, 0.3) is 0 Å². The van der Waals surface area contributed by atoms with Crippen molar-refractivity contribution in [3.63, 3.8) is 0 Å². The number of carbonyl (C=O) groups excluding carboxylic acids is 1. The Morgan fingerprint density at radius 2 is 2.33 bits per heavy atom. The Morgan fingerprint density at radius 3 is 3.00 bits per heavy atom. The lowest BCUT2D eigenvalue weighted by Gasteiger charge is -2.33. The fraction of sp³-hybridized carbons (Fsp3) is 0.385. The number of rotatable bonds is 2. The number of primary amides is 1. The number of benzene rings is 1. The van der Waals surface area contributed by atoms with E-state index in [9.17, 15) is 10.1 Å². The third-order valence-electron chi connectivity index (χ3n) is 3.27. The Hall–Kier alpha value is -1.54. The van der Waals surface area contributed by atoms with Gasteiger partial charge >= 0.3 is 0 Å². The molecule has 1 heterocycles. The molecule has 18 heavy (non-hydrogen) atoms. The highest BCUT2D eigenvalue weighted by atomic mass is 79.9. The minimum atomic E-state index is -0.256. The third kappa shape index (κ3) is 2.49. The highest BCUT2D eigenvalue weighted by molar-refractivity contribution is 9.10. The molecule has 0 radical (unpaired) electrons. The van der Waals surface area contributed by atoms with Gasteiger partial charge in [0.05, 0.1) is 17.2 Å². The van der Waals surface area contributed by atoms with Crippen molar-refractivity contribution in [1.29, 1.82) is 5.26 Å². The molecule has 1 unspecified atom stereocenters. The fourth-order valence-corrected chi connectivity index (χ4v) is 2.76. The molecule has 1 aliphatic heterocycles. The van der Waals surface area contributed by atoms with E-state index in [0.717, 1.165) is 29.5 Å². The van der Waals surface area contributed by atoms with Crippen molar-refractivity contribution in [1.82, 2.24) is 0 Å². The molecule has 0 aromatic heterocycles. The number of hydrogen-bond donors (Lipinski definition) is 1. The van der Waals surface area contributed by atoms with Gasteiger partial charge in [-0.1, -0.05) is 6.07 Å². The molecule has 1 saturated heterocycles. The summed E-state index contributed by atoms with van der Waals surface area (Å²) in [5, 5.41) is 9.21. The number of hydrogen-bond acceptors (Lipinski definition) is 3. The largest absolute Gasteiger partial charge is 0.370 e. The zero-order valence-corrected chi connectivity index (χ0v) is 11.5. The first-order valence-electron chi connectivity index (χ1n) is 5.86. The lowest BCUT2D eigenvalue weighted by Crippen LogP contribution is -2.41. The number of nitrogens with zero attached hydrogens (tertiary/aromatic N) is 2. The molecular formula is C13H14BrN3O. The average molecular weight is 308 g/mol. The van der Waals surface area contributed by atoms with Crippen LogP contribution in [0.15, 0.2) is 22.7 Å². The number of nitrogens with two attached hydrogens (primary N) is 1. The van der Waals surface area contributed by atoms with Crippen molar-refractivity contribution in [2.75, 3.05) is 18.0 Å². The molecule has 1 aromatic rings. The first kappa shape index (κ1) is 12.9. The molecule has 5 heteroatoms. The molecule has 2 N–H and O–H groups in total. The van der Waals surface area contributed by atoms with Gasteiger partial charge in [0.15, 0.2) is 0 Å². The molecule has 2 rings (SSSR count). The summed E-state index contributed by atoms with van der Waals surface area (Å²) in [6.45, 7) is 1.45. The van der Waals surface area contributed by atoms with E-state index < -0.39 is 0 Å². The van der Waals surface area contributed by atoms with Gasteiger partial charge in [-0.3, -0.25) is 4.79 Å². The fourth-order valence-electron chi connectivity index (χ4n) is 2.32. The van der Waals surface area contributed by atoms with Crippen molar-refractivity contribution < 1.29 is 4.79 Å². The molecule has 1 fully saturated rings. The summed E-state index contributed by atoms with van der Waals surface area (Å²) in [7, 11) is 0. The zero-order chi connectivity index (χ0) is 13.1. The summed E-state index contributed by atoms with van der Waals surface area (Å²) in [6, 6.07) is 7.85. The van der Waals surface area contributed by atoms with Gasteiger partial charge in [-0.25, -0.2) is 0 Å². The van der Waals surface area contributed by atoms with E-state index in [-0.39, 0.29) is 11.8 Å². The molecule has 94 valence electrons. The summed E-state index contributed by atoms with van der Waals surface area (Å²) < 4.78 is 0.781. The van der Waals surface area contributed by atoms with Crippen molar-refractivity contribution in [2.45, 2.75) is 12.8 Å². The Morgan fingerprint density at radius 1 is 1.56 bits per heavy atom. The van der Waals surface area contributed by atoms with E-state index in [0.29, 0.717) is 12.1 Å². The highest BCUT2D eigenvalue weighted by Crippen LogP contribution is 2.30. The first-order valence-corrected chi connectivity index (χ1v) is 6.65. The number of amides is 1. The van der Waals surface area contributed by atoms with Crippen LogP contribution in [0.1, 0.15) is 18.4 Å². The van der Waals surface area contributed by atoms with E-state index >= 15 is 0 Å². The molecule has 1 aliphatic rings. The van der Waals surface area contributed by atoms with Crippen LogP contribution in [0.25, 0.3) is 0 Å². The first-order chi connectivity index (χ1) is 8.63. The summed E-state index contributed by atoms with van der Waals surface area (Å²) in [6.07, 6.45) is 1.76. The van der Waals surface area contributed by atoms with Crippen LogP contribution in [-0.4, -0.2) is 19.0 Å². The molecule has 1 aromatic carbocycles. The Balaban J connectivity index is 2.29. The molecule has 1 atom stereocenters. The van der Waals surface area contributed by atoms with Crippen molar-refractivity contribution >= 4 is 27.5 Å². The monoisotopic (exact) mass is 307 g/mol. The third-order valence-corrected chi connectivity index (χ3v) is 3.93. The van der Waals surface area contributed by atoms with Gasteiger partial charge in [-0.2, -0.15) is 5.26 Å². The quantitative estimate of drug-likeness (QED) is 0.908. The maximum Gasteiger partial charge on any atom is 0.222 e. The number of nitriles is 1. The minimum Gasteiger partial charge on any atom is -0.370 e. The van der Waals surface area contributed by atoms with E-state index in [1.54, 1.807) is 0 Å². The Labute approximate surface area is 115 Å². The molecule has 0 spiro atoms. The van der Waals surface area contributed by atoms with Gasteiger partial charge < -0.3 is 10.6 Å². The van der Waals surface area contributed by atoms with E-state index in [1.807, 2.05) is 18.2 Å². The van der Waals surface area contributed by atoms with Gasteiger partial charge in [-0.15, -0.1) is 0 Å². The molecular weight excluding hydrogens is 294 g/mol. The average Bonchev–Trinajstić information content (AvgIpc) is 2.38. The van der Waals surface area contributed by atoms with Gasteiger partial charge in [0.2, 0.25) is 5.91 Å². The van der Waals surface area contributed by atoms with Gasteiger partial charge in [-0.05, 0) is 40.9 Å². The topological polar surface area (TPSA) is 70.1 Å². The van der Waals surface area contributed by atoms with Gasteiger partial charge in [0, 0.05) is 17.6 Å². The van der Waals surface area contributed by atoms with E-state index in [4.69, 9.17) is 5.73 Å². The lowest BCUT2D eigenvalue weighted by atomic mass is 9.96. The minimum absolute atomic E-state index is 0.121. The van der Waals surface area contributed by atoms with Crippen LogP contribution in [0, 0.1) is 17.2 Å². The summed E-state index contributed by atoms with van der Waals surface area (Å²) in [5.41, 5.74) is 6.85. The van der Waals surface area contributed by atoms with Gasteiger partial charge in [0.1, 0.15) is 6.07 Å². The second-order valence-electron chi connectivity index (χ2n) is 4.43. The SMILES string of the molecule is N#Cc1c(Br)cccc1N1CCCC(C(N)=O)C1. The van der Waals surface area contributed by atoms with Crippen molar-refractivity contribution in [3.8, 4) is 6.07 Å². The Bertz CT molecular complexity index is 509. The second kappa shape index (κ2) is 5.40. The van der Waals surface area contributed by atoms with Crippen LogP contribution in [0.4, 0.5) is 5.69 Å². The highest BCUT2D eigenvalue weighted by Gasteiger charge is 2.25. The standard InChI is InChI=1S/C13H14BrN3O/c14-11-4-1-5-12(10(11)7-15)17-6-2-3-9(8-17)13(16)18/h1,4-5,9H,2-3,6,8H2,(H2,16,18). The van der Waals surface area contributed by atoms with Crippen LogP contribution < -0.4 is 10.6 Å². The number of anilines is 1.